The van der Waals surface area contributed by atoms with Gasteiger partial charge in [0.2, 0.25) is 5.88 Å². The molecule has 3 N–H and O–H groups in total. The van der Waals surface area contributed by atoms with Crippen LogP contribution in [0.4, 0.5) is 0 Å². The lowest BCUT2D eigenvalue weighted by atomic mass is 10.4. The zero-order valence-corrected chi connectivity index (χ0v) is 8.73. The minimum atomic E-state index is -0.644. The molecule has 1 amide bonds. The Bertz CT molecular complexity index is 343. The van der Waals surface area contributed by atoms with Crippen molar-refractivity contribution in [2.24, 2.45) is 5.73 Å². The Morgan fingerprint density at radius 3 is 2.87 bits per heavy atom. The summed E-state index contributed by atoms with van der Waals surface area (Å²) in [5, 5.41) is 2.95. The quantitative estimate of drug-likeness (QED) is 0.687. The van der Waals surface area contributed by atoms with Crippen LogP contribution in [0.25, 0.3) is 0 Å². The van der Waals surface area contributed by atoms with Gasteiger partial charge < -0.3 is 15.8 Å². The van der Waals surface area contributed by atoms with Gasteiger partial charge in [0.1, 0.15) is 6.10 Å². The zero-order valence-electron chi connectivity index (χ0n) is 8.73. The van der Waals surface area contributed by atoms with Crippen LogP contribution in [0.3, 0.4) is 0 Å². The lowest BCUT2D eigenvalue weighted by molar-refractivity contribution is 0.0986. The van der Waals surface area contributed by atoms with E-state index in [2.05, 4.69) is 15.3 Å². The molecule has 0 aliphatic rings. The molecule has 0 spiro atoms. The molecule has 1 atom stereocenters. The number of likely N-dealkylation sites (N-methyl/N-ethyl adjacent to an activating group) is 1. The summed E-state index contributed by atoms with van der Waals surface area (Å²) in [4.78, 5) is 18.7. The summed E-state index contributed by atoms with van der Waals surface area (Å²) in [6.45, 7) is 2.50. The van der Waals surface area contributed by atoms with E-state index < -0.39 is 5.91 Å². The van der Waals surface area contributed by atoms with Crippen molar-refractivity contribution in [3.63, 3.8) is 0 Å². The first-order chi connectivity index (χ1) is 7.15. The third kappa shape index (κ3) is 3.17. The highest BCUT2D eigenvalue weighted by molar-refractivity contribution is 5.92. The van der Waals surface area contributed by atoms with Crippen molar-refractivity contribution in [3.8, 4) is 5.88 Å². The van der Waals surface area contributed by atoms with Crippen molar-refractivity contribution >= 4 is 5.91 Å². The van der Waals surface area contributed by atoms with E-state index >= 15 is 0 Å². The molecule has 0 saturated heterocycles. The number of nitrogens with two attached hydrogens (primary N) is 1. The second-order valence-corrected chi connectivity index (χ2v) is 3.06. The molecular formula is C9H14N4O2. The Balaban J connectivity index is 2.79. The van der Waals surface area contributed by atoms with Gasteiger partial charge in [-0.3, -0.25) is 4.79 Å². The molecule has 1 rings (SSSR count). The van der Waals surface area contributed by atoms with Crippen LogP contribution >= 0.6 is 0 Å². The van der Waals surface area contributed by atoms with Crippen LogP contribution in [0.15, 0.2) is 12.4 Å². The van der Waals surface area contributed by atoms with E-state index in [0.717, 1.165) is 0 Å². The average molecular weight is 210 g/mol. The smallest absolute Gasteiger partial charge is 0.272 e. The van der Waals surface area contributed by atoms with Gasteiger partial charge in [-0.2, -0.15) is 0 Å². The molecule has 0 aliphatic carbocycles. The number of amides is 1. The van der Waals surface area contributed by atoms with Crippen molar-refractivity contribution in [3.05, 3.63) is 18.1 Å². The first kappa shape index (κ1) is 11.4. The Morgan fingerprint density at radius 1 is 1.60 bits per heavy atom. The first-order valence-electron chi connectivity index (χ1n) is 4.57. The van der Waals surface area contributed by atoms with Gasteiger partial charge in [-0.15, -0.1) is 0 Å². The number of carbonyl (C=O) groups is 1. The normalized spacial score (nSPS) is 12.1. The predicted molar refractivity (Wildman–Crippen MR) is 54.6 cm³/mol. The molecule has 1 aromatic rings. The first-order valence-corrected chi connectivity index (χ1v) is 4.57. The Labute approximate surface area is 87.9 Å². The molecule has 6 nitrogen and oxygen atoms in total. The second kappa shape index (κ2) is 5.26. The van der Waals surface area contributed by atoms with Crippen LogP contribution < -0.4 is 15.8 Å². The fraction of sp³-hybridized carbons (Fsp3) is 0.444. The molecule has 1 heterocycles. The number of carbonyl (C=O) groups excluding carboxylic acids is 1. The van der Waals surface area contributed by atoms with Gasteiger partial charge in [0.25, 0.3) is 5.91 Å². The number of nitrogens with one attached hydrogen (secondary N) is 1. The van der Waals surface area contributed by atoms with Gasteiger partial charge in [0.05, 0.1) is 0 Å². The highest BCUT2D eigenvalue weighted by Gasteiger charge is 2.14. The third-order valence-corrected chi connectivity index (χ3v) is 1.70. The topological polar surface area (TPSA) is 90.1 Å². The molecule has 1 aromatic heterocycles. The van der Waals surface area contributed by atoms with E-state index in [0.29, 0.717) is 6.54 Å². The van der Waals surface area contributed by atoms with E-state index in [9.17, 15) is 4.79 Å². The van der Waals surface area contributed by atoms with Crippen LogP contribution in [-0.4, -0.2) is 35.6 Å². The van der Waals surface area contributed by atoms with Crippen molar-refractivity contribution in [2.45, 2.75) is 13.0 Å². The van der Waals surface area contributed by atoms with E-state index in [1.807, 2.05) is 14.0 Å². The SMILES string of the molecule is CNCC(C)Oc1nccnc1C(N)=O. The van der Waals surface area contributed by atoms with Gasteiger partial charge in [0.15, 0.2) is 5.69 Å². The van der Waals surface area contributed by atoms with Crippen molar-refractivity contribution in [1.82, 2.24) is 15.3 Å². The Kier molecular flexibility index (Phi) is 3.99. The van der Waals surface area contributed by atoms with Crippen LogP contribution in [0, 0.1) is 0 Å². The summed E-state index contributed by atoms with van der Waals surface area (Å²) in [5.74, 6) is -0.470. The number of rotatable bonds is 5. The van der Waals surface area contributed by atoms with E-state index in [4.69, 9.17) is 10.5 Å². The number of hydrogen-bond donors (Lipinski definition) is 2. The number of aromatic nitrogens is 2. The van der Waals surface area contributed by atoms with Gasteiger partial charge in [-0.05, 0) is 14.0 Å². The molecule has 6 heteroatoms. The van der Waals surface area contributed by atoms with E-state index in [1.54, 1.807) is 0 Å². The van der Waals surface area contributed by atoms with Gasteiger partial charge >= 0.3 is 0 Å². The van der Waals surface area contributed by atoms with Crippen LogP contribution in [0.1, 0.15) is 17.4 Å². The van der Waals surface area contributed by atoms with Crippen molar-refractivity contribution < 1.29 is 9.53 Å². The van der Waals surface area contributed by atoms with E-state index in [1.165, 1.54) is 12.4 Å². The molecule has 0 saturated carbocycles. The summed E-state index contributed by atoms with van der Waals surface area (Å²) in [6.07, 6.45) is 2.74. The fourth-order valence-electron chi connectivity index (χ4n) is 1.10. The lowest BCUT2D eigenvalue weighted by Gasteiger charge is -2.13. The highest BCUT2D eigenvalue weighted by atomic mass is 16.5. The molecule has 0 bridgehead atoms. The van der Waals surface area contributed by atoms with Crippen LogP contribution in [0.2, 0.25) is 0 Å². The predicted octanol–water partition coefficient (Wildman–Crippen LogP) is -0.438. The van der Waals surface area contributed by atoms with Gasteiger partial charge in [0, 0.05) is 18.9 Å². The molecule has 1 unspecified atom stereocenters. The van der Waals surface area contributed by atoms with Crippen molar-refractivity contribution in [2.75, 3.05) is 13.6 Å². The molecule has 82 valence electrons. The summed E-state index contributed by atoms with van der Waals surface area (Å²) >= 11 is 0. The van der Waals surface area contributed by atoms with Gasteiger partial charge in [-0.25, -0.2) is 9.97 Å². The summed E-state index contributed by atoms with van der Waals surface area (Å²) in [5.41, 5.74) is 5.18. The fourth-order valence-corrected chi connectivity index (χ4v) is 1.10. The molecule has 0 aliphatic heterocycles. The number of hydrogen-bond acceptors (Lipinski definition) is 5. The maximum Gasteiger partial charge on any atom is 0.272 e. The molecular weight excluding hydrogens is 196 g/mol. The van der Waals surface area contributed by atoms with Crippen LogP contribution in [0.5, 0.6) is 5.88 Å². The monoisotopic (exact) mass is 210 g/mol. The average Bonchev–Trinajstić information content (AvgIpc) is 2.18. The summed E-state index contributed by atoms with van der Waals surface area (Å²) in [7, 11) is 1.81. The number of primary amides is 1. The largest absolute Gasteiger partial charge is 0.472 e. The van der Waals surface area contributed by atoms with E-state index in [-0.39, 0.29) is 17.7 Å². The molecule has 0 fully saturated rings. The summed E-state index contributed by atoms with van der Waals surface area (Å²) in [6, 6.07) is 0. The number of ether oxygens (including phenoxy) is 1. The minimum Gasteiger partial charge on any atom is -0.472 e. The highest BCUT2D eigenvalue weighted by Crippen LogP contribution is 2.11. The third-order valence-electron chi connectivity index (χ3n) is 1.70. The van der Waals surface area contributed by atoms with Crippen molar-refractivity contribution in [1.29, 1.82) is 0 Å². The second-order valence-electron chi connectivity index (χ2n) is 3.06. The number of nitrogens with zero attached hydrogens (tertiary/aromatic N) is 2. The maximum atomic E-state index is 11.0. The molecule has 0 radical (unpaired) electrons. The van der Waals surface area contributed by atoms with Crippen LogP contribution in [-0.2, 0) is 0 Å². The molecule has 15 heavy (non-hydrogen) atoms. The zero-order chi connectivity index (χ0) is 11.3. The Morgan fingerprint density at radius 2 is 2.27 bits per heavy atom. The summed E-state index contributed by atoms with van der Waals surface area (Å²) < 4.78 is 5.41. The maximum absolute atomic E-state index is 11.0. The minimum absolute atomic E-state index is 0.0560. The lowest BCUT2D eigenvalue weighted by Crippen LogP contribution is -2.27. The van der Waals surface area contributed by atoms with Gasteiger partial charge in [-0.1, -0.05) is 0 Å². The molecule has 0 aromatic carbocycles. The standard InChI is InChI=1S/C9H14N4O2/c1-6(5-11-2)15-9-7(8(10)14)12-3-4-13-9/h3-4,6,11H,5H2,1-2H3,(H2,10,14). The Hall–Kier alpha value is -1.69.